The molecule has 2 heterocycles. The third kappa shape index (κ3) is 2.56. The number of fused-ring (bicyclic) bond motifs is 1. The lowest BCUT2D eigenvalue weighted by Gasteiger charge is -2.12. The average Bonchev–Trinajstić information content (AvgIpc) is 3.12. The van der Waals surface area contributed by atoms with Crippen molar-refractivity contribution in [2.75, 3.05) is 5.73 Å². The molecule has 1 aliphatic carbocycles. The normalized spacial score (nSPS) is 16.5. The molecule has 1 saturated carbocycles. The van der Waals surface area contributed by atoms with Gasteiger partial charge in [-0.2, -0.15) is 0 Å². The Hall–Kier alpha value is -1.62. The van der Waals surface area contributed by atoms with E-state index in [9.17, 15) is 4.79 Å². The lowest BCUT2D eigenvalue weighted by atomic mass is 10.1. The Kier molecular flexibility index (Phi) is 3.14. The van der Waals surface area contributed by atoms with Gasteiger partial charge in [0.05, 0.1) is 10.4 Å². The molecule has 0 bridgehead atoms. The van der Waals surface area contributed by atoms with Gasteiger partial charge in [-0.1, -0.05) is 12.8 Å². The van der Waals surface area contributed by atoms with Crippen LogP contribution in [-0.4, -0.2) is 16.9 Å². The Morgan fingerprint density at radius 2 is 2.42 bits per heavy atom. The maximum Gasteiger partial charge on any atom is 0.263 e. The molecule has 19 heavy (non-hydrogen) atoms. The van der Waals surface area contributed by atoms with E-state index in [1.54, 1.807) is 12.4 Å². The zero-order chi connectivity index (χ0) is 13.4. The van der Waals surface area contributed by atoms with Crippen LogP contribution in [0.4, 0.5) is 5.69 Å². The van der Waals surface area contributed by atoms with Crippen molar-refractivity contribution in [1.82, 2.24) is 10.3 Å². The fraction of sp³-hybridized carbons (Fsp3) is 0.429. The molecule has 3 rings (SSSR count). The van der Waals surface area contributed by atoms with E-state index in [4.69, 9.17) is 5.73 Å². The van der Waals surface area contributed by atoms with Crippen LogP contribution in [0.15, 0.2) is 18.5 Å². The molecule has 0 saturated heterocycles. The molecule has 1 amide bonds. The summed E-state index contributed by atoms with van der Waals surface area (Å²) in [6.07, 6.45) is 7.12. The Morgan fingerprint density at radius 1 is 1.63 bits per heavy atom. The third-order valence-electron chi connectivity index (χ3n) is 3.50. The molecule has 3 N–H and O–H groups in total. The van der Waals surface area contributed by atoms with Crippen molar-refractivity contribution in [1.29, 1.82) is 0 Å². The first-order chi connectivity index (χ1) is 9.15. The van der Waals surface area contributed by atoms with Gasteiger partial charge in [-0.05, 0) is 25.3 Å². The summed E-state index contributed by atoms with van der Waals surface area (Å²) in [7, 11) is 0. The number of rotatable bonds is 4. The zero-order valence-electron chi connectivity index (χ0n) is 10.8. The predicted molar refractivity (Wildman–Crippen MR) is 78.3 cm³/mol. The number of nitrogen functional groups attached to an aromatic ring is 1. The van der Waals surface area contributed by atoms with Crippen molar-refractivity contribution in [2.45, 2.75) is 32.2 Å². The Labute approximate surface area is 116 Å². The number of hydrogen-bond acceptors (Lipinski definition) is 4. The summed E-state index contributed by atoms with van der Waals surface area (Å²) < 4.78 is 0.958. The molecule has 0 radical (unpaired) electrons. The second-order valence-electron chi connectivity index (χ2n) is 5.27. The molecule has 0 aromatic carbocycles. The molecule has 1 unspecified atom stereocenters. The molecule has 0 spiro atoms. The van der Waals surface area contributed by atoms with Crippen LogP contribution in [0.25, 0.3) is 10.1 Å². The van der Waals surface area contributed by atoms with Crippen LogP contribution in [0.1, 0.15) is 35.9 Å². The van der Waals surface area contributed by atoms with Gasteiger partial charge in [-0.15, -0.1) is 11.3 Å². The van der Waals surface area contributed by atoms with E-state index in [0.717, 1.165) is 22.4 Å². The SMILES string of the molecule is CC(CC1CC1)NC(=O)c1sc2cnccc2c1N. The quantitative estimate of drug-likeness (QED) is 0.901. The van der Waals surface area contributed by atoms with Crippen molar-refractivity contribution in [2.24, 2.45) is 5.92 Å². The van der Waals surface area contributed by atoms with Crippen molar-refractivity contribution < 1.29 is 4.79 Å². The maximum absolute atomic E-state index is 12.2. The molecule has 100 valence electrons. The highest BCUT2D eigenvalue weighted by atomic mass is 32.1. The lowest BCUT2D eigenvalue weighted by molar-refractivity contribution is 0.0942. The predicted octanol–water partition coefficient (Wildman–Crippen LogP) is 2.80. The molecule has 1 fully saturated rings. The van der Waals surface area contributed by atoms with Crippen LogP contribution in [0, 0.1) is 5.92 Å². The minimum atomic E-state index is -0.0631. The Balaban J connectivity index is 1.78. The van der Waals surface area contributed by atoms with E-state index in [0.29, 0.717) is 10.6 Å². The largest absolute Gasteiger partial charge is 0.397 e. The van der Waals surface area contributed by atoms with Crippen molar-refractivity contribution in [3.8, 4) is 0 Å². The summed E-state index contributed by atoms with van der Waals surface area (Å²) in [6, 6.07) is 2.06. The number of aromatic nitrogens is 1. The van der Waals surface area contributed by atoms with Crippen LogP contribution in [0.5, 0.6) is 0 Å². The highest BCUT2D eigenvalue weighted by Crippen LogP contribution is 2.34. The topological polar surface area (TPSA) is 68.0 Å². The van der Waals surface area contributed by atoms with Gasteiger partial charge in [0, 0.05) is 23.8 Å². The van der Waals surface area contributed by atoms with Gasteiger partial charge in [-0.25, -0.2) is 0 Å². The maximum atomic E-state index is 12.2. The van der Waals surface area contributed by atoms with Gasteiger partial charge in [0.1, 0.15) is 4.88 Å². The summed E-state index contributed by atoms with van der Waals surface area (Å²) in [5, 5.41) is 3.96. The van der Waals surface area contributed by atoms with Gasteiger partial charge < -0.3 is 11.1 Å². The first-order valence-corrected chi connectivity index (χ1v) is 7.39. The highest BCUT2D eigenvalue weighted by molar-refractivity contribution is 7.21. The van der Waals surface area contributed by atoms with Crippen molar-refractivity contribution in [3.05, 3.63) is 23.3 Å². The number of carbonyl (C=O) groups is 1. The van der Waals surface area contributed by atoms with Crippen LogP contribution < -0.4 is 11.1 Å². The van der Waals surface area contributed by atoms with E-state index in [2.05, 4.69) is 17.2 Å². The number of hydrogen-bond donors (Lipinski definition) is 2. The van der Waals surface area contributed by atoms with Gasteiger partial charge in [0.15, 0.2) is 0 Å². The molecular weight excluding hydrogens is 258 g/mol. The number of nitrogens with zero attached hydrogens (tertiary/aromatic N) is 1. The van der Waals surface area contributed by atoms with E-state index in [1.807, 2.05) is 6.07 Å². The summed E-state index contributed by atoms with van der Waals surface area (Å²) >= 11 is 1.41. The fourth-order valence-corrected chi connectivity index (χ4v) is 3.33. The van der Waals surface area contributed by atoms with Crippen molar-refractivity contribution >= 4 is 33.0 Å². The minimum Gasteiger partial charge on any atom is -0.397 e. The second kappa shape index (κ2) is 4.81. The van der Waals surface area contributed by atoms with Gasteiger partial charge in [-0.3, -0.25) is 9.78 Å². The summed E-state index contributed by atoms with van der Waals surface area (Å²) in [6.45, 7) is 2.06. The first-order valence-electron chi connectivity index (χ1n) is 6.58. The molecule has 4 nitrogen and oxygen atoms in total. The standard InChI is InChI=1S/C14H17N3OS/c1-8(6-9-2-3-9)17-14(18)13-12(15)10-4-5-16-7-11(10)19-13/h4-5,7-9H,2-3,6,15H2,1H3,(H,17,18). The molecule has 1 aliphatic rings. The van der Waals surface area contributed by atoms with Gasteiger partial charge in [0.2, 0.25) is 0 Å². The molecule has 5 heteroatoms. The van der Waals surface area contributed by atoms with Gasteiger partial charge >= 0.3 is 0 Å². The van der Waals surface area contributed by atoms with E-state index < -0.39 is 0 Å². The van der Waals surface area contributed by atoms with Crippen LogP contribution in [0.2, 0.25) is 0 Å². The van der Waals surface area contributed by atoms with Crippen LogP contribution >= 0.6 is 11.3 Å². The zero-order valence-corrected chi connectivity index (χ0v) is 11.7. The van der Waals surface area contributed by atoms with E-state index >= 15 is 0 Å². The van der Waals surface area contributed by atoms with Crippen LogP contribution in [0.3, 0.4) is 0 Å². The second-order valence-corrected chi connectivity index (χ2v) is 6.32. The third-order valence-corrected chi connectivity index (χ3v) is 4.65. The molecule has 2 aromatic rings. The number of nitrogens with one attached hydrogen (secondary N) is 1. The van der Waals surface area contributed by atoms with E-state index in [-0.39, 0.29) is 11.9 Å². The smallest absolute Gasteiger partial charge is 0.263 e. The fourth-order valence-electron chi connectivity index (χ4n) is 2.34. The number of anilines is 1. The Morgan fingerprint density at radius 3 is 3.11 bits per heavy atom. The molecular formula is C14H17N3OS. The summed E-state index contributed by atoms with van der Waals surface area (Å²) in [5.41, 5.74) is 6.62. The molecule has 1 atom stereocenters. The number of thiophene rings is 1. The molecule has 0 aliphatic heterocycles. The number of pyridine rings is 1. The van der Waals surface area contributed by atoms with Crippen LogP contribution in [-0.2, 0) is 0 Å². The van der Waals surface area contributed by atoms with Gasteiger partial charge in [0.25, 0.3) is 5.91 Å². The number of amides is 1. The lowest BCUT2D eigenvalue weighted by Crippen LogP contribution is -2.32. The Bertz CT molecular complexity index is 618. The van der Waals surface area contributed by atoms with Crippen molar-refractivity contribution in [3.63, 3.8) is 0 Å². The first kappa shape index (κ1) is 12.4. The average molecular weight is 275 g/mol. The number of nitrogens with two attached hydrogens (primary N) is 1. The number of carbonyl (C=O) groups excluding carboxylic acids is 1. The summed E-state index contributed by atoms with van der Waals surface area (Å²) in [5.74, 6) is 0.742. The minimum absolute atomic E-state index is 0.0631. The summed E-state index contributed by atoms with van der Waals surface area (Å²) in [4.78, 5) is 16.9. The highest BCUT2D eigenvalue weighted by Gasteiger charge is 2.25. The monoisotopic (exact) mass is 275 g/mol. The van der Waals surface area contributed by atoms with E-state index in [1.165, 1.54) is 24.2 Å². The molecule has 2 aromatic heterocycles.